The Morgan fingerprint density at radius 2 is 2.16 bits per heavy atom. The van der Waals surface area contributed by atoms with Crippen molar-refractivity contribution in [3.05, 3.63) is 59.2 Å². The van der Waals surface area contributed by atoms with Crippen LogP contribution in [-0.4, -0.2) is 52.4 Å². The molecule has 0 N–H and O–H groups in total. The maximum atomic E-state index is 12.8. The fourth-order valence-corrected chi connectivity index (χ4v) is 3.56. The van der Waals surface area contributed by atoms with E-state index in [2.05, 4.69) is 28.0 Å². The number of hydrogen-bond acceptors (Lipinski definition) is 4. The van der Waals surface area contributed by atoms with Crippen LogP contribution in [0.5, 0.6) is 0 Å². The lowest BCUT2D eigenvalue weighted by molar-refractivity contribution is 0.0783. The third kappa shape index (κ3) is 4.42. The van der Waals surface area contributed by atoms with Crippen LogP contribution in [0.3, 0.4) is 0 Å². The number of carbonyl (C=O) groups is 1. The first-order chi connectivity index (χ1) is 12.0. The normalized spacial score (nSPS) is 17.3. The van der Waals surface area contributed by atoms with Gasteiger partial charge in [-0.3, -0.25) is 14.8 Å². The number of nitrogens with zero attached hydrogens (tertiary/aromatic N) is 4. The number of carbonyl (C=O) groups excluding carboxylic acids is 1. The second-order valence-electron chi connectivity index (χ2n) is 7.05. The van der Waals surface area contributed by atoms with Gasteiger partial charge < -0.3 is 9.80 Å². The van der Waals surface area contributed by atoms with E-state index >= 15 is 0 Å². The number of hydrogen-bond donors (Lipinski definition) is 0. The van der Waals surface area contributed by atoms with E-state index in [1.54, 1.807) is 6.20 Å². The monoisotopic (exact) mass is 338 g/mol. The van der Waals surface area contributed by atoms with Crippen LogP contribution < -0.4 is 0 Å². The number of aromatic nitrogens is 2. The lowest BCUT2D eigenvalue weighted by atomic mass is 10.1. The largest absolute Gasteiger partial charge is 0.338 e. The molecule has 3 rings (SSSR count). The molecule has 0 saturated carbocycles. The summed E-state index contributed by atoms with van der Waals surface area (Å²) in [7, 11) is 2.13. The van der Waals surface area contributed by atoms with Gasteiger partial charge in [0.25, 0.3) is 5.91 Å². The molecule has 0 bridgehead atoms. The van der Waals surface area contributed by atoms with Crippen LogP contribution in [0.4, 0.5) is 0 Å². The lowest BCUT2D eigenvalue weighted by Crippen LogP contribution is -2.32. The van der Waals surface area contributed by atoms with Gasteiger partial charge >= 0.3 is 0 Å². The second-order valence-corrected chi connectivity index (χ2v) is 7.05. The number of amides is 1. The predicted molar refractivity (Wildman–Crippen MR) is 98.3 cm³/mol. The van der Waals surface area contributed by atoms with Gasteiger partial charge in [-0.1, -0.05) is 6.07 Å². The molecule has 1 aliphatic rings. The minimum Gasteiger partial charge on any atom is -0.338 e. The minimum absolute atomic E-state index is 0.113. The molecule has 2 aromatic rings. The van der Waals surface area contributed by atoms with Crippen LogP contribution in [0.1, 0.15) is 33.7 Å². The molecule has 1 aliphatic heterocycles. The first-order valence-corrected chi connectivity index (χ1v) is 8.84. The summed E-state index contributed by atoms with van der Waals surface area (Å²) >= 11 is 0. The average Bonchev–Trinajstić information content (AvgIpc) is 3.03. The first kappa shape index (κ1) is 17.5. The molecule has 1 unspecified atom stereocenters. The molecule has 0 spiro atoms. The molecule has 132 valence electrons. The molecule has 0 radical (unpaired) electrons. The van der Waals surface area contributed by atoms with Crippen LogP contribution in [0, 0.1) is 19.8 Å². The Morgan fingerprint density at radius 1 is 1.32 bits per heavy atom. The molecule has 0 aliphatic carbocycles. The molecule has 1 fully saturated rings. The van der Waals surface area contributed by atoms with Crippen LogP contribution in [0.2, 0.25) is 0 Å². The van der Waals surface area contributed by atoms with Gasteiger partial charge in [-0.15, -0.1) is 0 Å². The second kappa shape index (κ2) is 7.74. The van der Waals surface area contributed by atoms with Gasteiger partial charge in [-0.25, -0.2) is 0 Å². The van der Waals surface area contributed by atoms with E-state index in [1.165, 1.54) is 5.56 Å². The number of aryl methyl sites for hydroxylation is 2. The maximum absolute atomic E-state index is 12.8. The molecule has 5 heteroatoms. The SMILES string of the molecule is Cc1ccc(C(=O)N2CCC(CN(C)Cc3cccnc3)C2)c(C)n1. The van der Waals surface area contributed by atoms with Gasteiger partial charge in [0.05, 0.1) is 11.3 Å². The van der Waals surface area contributed by atoms with E-state index in [0.717, 1.165) is 49.6 Å². The van der Waals surface area contributed by atoms with Gasteiger partial charge in [-0.2, -0.15) is 0 Å². The molecule has 1 saturated heterocycles. The van der Waals surface area contributed by atoms with Crippen LogP contribution in [0.15, 0.2) is 36.7 Å². The van der Waals surface area contributed by atoms with Gasteiger partial charge in [0, 0.05) is 44.3 Å². The third-order valence-corrected chi connectivity index (χ3v) is 4.77. The summed E-state index contributed by atoms with van der Waals surface area (Å²) < 4.78 is 0. The van der Waals surface area contributed by atoms with E-state index in [0.29, 0.717) is 5.92 Å². The topological polar surface area (TPSA) is 49.3 Å². The standard InChI is InChI=1S/C20H26N4O/c1-15-6-7-19(16(2)22-15)20(25)24-10-8-18(14-24)13-23(3)12-17-5-4-9-21-11-17/h4-7,9,11,18H,8,10,12-14H2,1-3H3. The van der Waals surface area contributed by atoms with Crippen molar-refractivity contribution < 1.29 is 4.79 Å². The highest BCUT2D eigenvalue weighted by Gasteiger charge is 2.28. The first-order valence-electron chi connectivity index (χ1n) is 8.84. The van der Waals surface area contributed by atoms with Crippen molar-refractivity contribution in [3.8, 4) is 0 Å². The van der Waals surface area contributed by atoms with Crippen LogP contribution in [0.25, 0.3) is 0 Å². The van der Waals surface area contributed by atoms with Crippen LogP contribution >= 0.6 is 0 Å². The minimum atomic E-state index is 0.113. The molecule has 1 amide bonds. The summed E-state index contributed by atoms with van der Waals surface area (Å²) in [4.78, 5) is 25.6. The summed E-state index contributed by atoms with van der Waals surface area (Å²) in [6.45, 7) is 7.39. The lowest BCUT2D eigenvalue weighted by Gasteiger charge is -2.22. The molecular formula is C20H26N4O. The quantitative estimate of drug-likeness (QED) is 0.841. The van der Waals surface area contributed by atoms with Crippen molar-refractivity contribution in [3.63, 3.8) is 0 Å². The molecule has 2 aromatic heterocycles. The number of likely N-dealkylation sites (tertiary alicyclic amines) is 1. The highest BCUT2D eigenvalue weighted by Crippen LogP contribution is 2.21. The van der Waals surface area contributed by atoms with E-state index < -0.39 is 0 Å². The Labute approximate surface area is 149 Å². The molecule has 5 nitrogen and oxygen atoms in total. The third-order valence-electron chi connectivity index (χ3n) is 4.77. The van der Waals surface area contributed by atoms with Crippen molar-refractivity contribution in [1.29, 1.82) is 0 Å². The van der Waals surface area contributed by atoms with E-state index in [1.807, 2.05) is 43.1 Å². The Morgan fingerprint density at radius 3 is 2.88 bits per heavy atom. The average molecular weight is 338 g/mol. The zero-order chi connectivity index (χ0) is 17.8. The van der Waals surface area contributed by atoms with Gasteiger partial charge in [0.15, 0.2) is 0 Å². The summed E-state index contributed by atoms with van der Waals surface area (Å²) in [5, 5.41) is 0. The molecule has 1 atom stereocenters. The van der Waals surface area contributed by atoms with E-state index in [9.17, 15) is 4.79 Å². The molecule has 0 aromatic carbocycles. The van der Waals surface area contributed by atoms with E-state index in [4.69, 9.17) is 0 Å². The maximum Gasteiger partial charge on any atom is 0.255 e. The fourth-order valence-electron chi connectivity index (χ4n) is 3.56. The summed E-state index contributed by atoms with van der Waals surface area (Å²) in [6.07, 6.45) is 4.77. The van der Waals surface area contributed by atoms with Gasteiger partial charge in [-0.05, 0) is 57.0 Å². The van der Waals surface area contributed by atoms with E-state index in [-0.39, 0.29) is 5.91 Å². The summed E-state index contributed by atoms with van der Waals surface area (Å²) in [5.41, 5.74) is 3.72. The number of pyridine rings is 2. The van der Waals surface area contributed by atoms with Crippen molar-refractivity contribution in [1.82, 2.24) is 19.8 Å². The van der Waals surface area contributed by atoms with Gasteiger partial charge in [0.1, 0.15) is 0 Å². The summed E-state index contributed by atoms with van der Waals surface area (Å²) in [6, 6.07) is 7.88. The predicted octanol–water partition coefficient (Wildman–Crippen LogP) is 2.69. The molecule has 25 heavy (non-hydrogen) atoms. The van der Waals surface area contributed by atoms with Crippen molar-refractivity contribution in [2.75, 3.05) is 26.7 Å². The van der Waals surface area contributed by atoms with Crippen molar-refractivity contribution >= 4 is 5.91 Å². The molecule has 3 heterocycles. The highest BCUT2D eigenvalue weighted by atomic mass is 16.2. The Hall–Kier alpha value is -2.27. The van der Waals surface area contributed by atoms with Crippen molar-refractivity contribution in [2.24, 2.45) is 5.92 Å². The van der Waals surface area contributed by atoms with Crippen LogP contribution in [-0.2, 0) is 6.54 Å². The Kier molecular flexibility index (Phi) is 5.43. The molecular weight excluding hydrogens is 312 g/mol. The Bertz CT molecular complexity index is 732. The van der Waals surface area contributed by atoms with Crippen molar-refractivity contribution in [2.45, 2.75) is 26.8 Å². The number of rotatable bonds is 5. The zero-order valence-electron chi connectivity index (χ0n) is 15.3. The fraction of sp³-hybridized carbons (Fsp3) is 0.450. The smallest absolute Gasteiger partial charge is 0.255 e. The summed E-state index contributed by atoms with van der Waals surface area (Å²) in [5.74, 6) is 0.631. The van der Waals surface area contributed by atoms with Gasteiger partial charge in [0.2, 0.25) is 0 Å². The highest BCUT2D eigenvalue weighted by molar-refractivity contribution is 5.95. The Balaban J connectivity index is 1.55. The zero-order valence-corrected chi connectivity index (χ0v) is 15.3.